The molecule has 0 aliphatic carbocycles. The van der Waals surface area contributed by atoms with E-state index in [4.69, 9.17) is 15.6 Å². The second-order valence-corrected chi connectivity index (χ2v) is 4.54. The molecule has 2 rings (SSSR count). The molecule has 0 aromatic heterocycles. The number of nitrogens with two attached hydrogens (primary N) is 1. The molecule has 0 atom stereocenters. The monoisotopic (exact) mass is 236 g/mol. The van der Waals surface area contributed by atoms with Crippen LogP contribution >= 0.6 is 0 Å². The molecule has 1 aromatic carbocycles. The van der Waals surface area contributed by atoms with Crippen LogP contribution < -0.4 is 15.4 Å². The Morgan fingerprint density at radius 3 is 2.71 bits per heavy atom. The summed E-state index contributed by atoms with van der Waals surface area (Å²) in [7, 11) is 1.63. The van der Waals surface area contributed by atoms with Gasteiger partial charge in [-0.1, -0.05) is 0 Å². The average Bonchev–Trinajstić information content (AvgIpc) is 2.39. The fourth-order valence-electron chi connectivity index (χ4n) is 2.27. The van der Waals surface area contributed by atoms with Crippen LogP contribution in [-0.2, 0) is 0 Å². The van der Waals surface area contributed by atoms with Crippen LogP contribution in [0.5, 0.6) is 5.75 Å². The third kappa shape index (κ3) is 2.64. The Balaban J connectivity index is 2.08. The van der Waals surface area contributed by atoms with Crippen LogP contribution in [0.1, 0.15) is 12.8 Å². The highest BCUT2D eigenvalue weighted by Crippen LogP contribution is 2.29. The summed E-state index contributed by atoms with van der Waals surface area (Å²) in [6.07, 6.45) is 2.09. The van der Waals surface area contributed by atoms with Gasteiger partial charge in [0.2, 0.25) is 0 Å². The van der Waals surface area contributed by atoms with E-state index in [1.807, 2.05) is 18.2 Å². The minimum absolute atomic E-state index is 0.304. The zero-order chi connectivity index (χ0) is 12.3. The van der Waals surface area contributed by atoms with Crippen LogP contribution in [0.2, 0.25) is 0 Å². The molecule has 1 aromatic rings. The zero-order valence-electron chi connectivity index (χ0n) is 10.2. The Morgan fingerprint density at radius 2 is 2.12 bits per heavy atom. The van der Waals surface area contributed by atoms with Crippen molar-refractivity contribution in [2.45, 2.75) is 12.8 Å². The van der Waals surface area contributed by atoms with Crippen LogP contribution in [0.3, 0.4) is 0 Å². The molecule has 1 aliphatic heterocycles. The summed E-state index contributed by atoms with van der Waals surface area (Å²) in [6.45, 7) is 2.27. The minimum Gasteiger partial charge on any atom is -0.495 e. The number of methoxy groups -OCH3 is 1. The van der Waals surface area contributed by atoms with E-state index in [-0.39, 0.29) is 0 Å². The maximum atomic E-state index is 9.11. The van der Waals surface area contributed by atoms with Gasteiger partial charge < -0.3 is 20.5 Å². The highest BCUT2D eigenvalue weighted by Gasteiger charge is 2.19. The molecule has 1 heterocycles. The molecule has 0 spiro atoms. The molecule has 3 N–H and O–H groups in total. The Hall–Kier alpha value is -1.42. The summed E-state index contributed by atoms with van der Waals surface area (Å²) in [4.78, 5) is 2.31. The van der Waals surface area contributed by atoms with Gasteiger partial charge in [0.05, 0.1) is 12.8 Å². The topological polar surface area (TPSA) is 58.7 Å². The predicted molar refractivity (Wildman–Crippen MR) is 69.4 cm³/mol. The number of hydrogen-bond donors (Lipinski definition) is 2. The van der Waals surface area contributed by atoms with Gasteiger partial charge in [0.25, 0.3) is 0 Å². The molecule has 1 fully saturated rings. The number of hydrogen-bond acceptors (Lipinski definition) is 4. The van der Waals surface area contributed by atoms with E-state index in [0.29, 0.717) is 18.2 Å². The van der Waals surface area contributed by atoms with E-state index >= 15 is 0 Å². The molecule has 1 aliphatic rings. The molecule has 4 nitrogen and oxygen atoms in total. The van der Waals surface area contributed by atoms with E-state index < -0.39 is 0 Å². The van der Waals surface area contributed by atoms with Crippen molar-refractivity contribution < 1.29 is 9.84 Å². The van der Waals surface area contributed by atoms with Gasteiger partial charge >= 0.3 is 0 Å². The molecular weight excluding hydrogens is 216 g/mol. The van der Waals surface area contributed by atoms with Crippen LogP contribution in [-0.4, -0.2) is 31.9 Å². The first-order valence-electron chi connectivity index (χ1n) is 6.04. The fourth-order valence-corrected chi connectivity index (χ4v) is 2.27. The number of rotatable bonds is 3. The number of ether oxygens (including phenoxy) is 1. The van der Waals surface area contributed by atoms with Gasteiger partial charge in [-0.3, -0.25) is 0 Å². The largest absolute Gasteiger partial charge is 0.495 e. The van der Waals surface area contributed by atoms with Gasteiger partial charge in [-0.05, 0) is 30.9 Å². The Morgan fingerprint density at radius 1 is 1.41 bits per heavy atom. The van der Waals surface area contributed by atoms with Crippen molar-refractivity contribution in [2.75, 3.05) is 37.4 Å². The summed E-state index contributed by atoms with van der Waals surface area (Å²) >= 11 is 0. The molecule has 0 amide bonds. The van der Waals surface area contributed by atoms with E-state index in [0.717, 1.165) is 37.4 Å². The normalized spacial score (nSPS) is 17.2. The molecule has 0 unspecified atom stereocenters. The average molecular weight is 236 g/mol. The van der Waals surface area contributed by atoms with Crippen molar-refractivity contribution in [1.82, 2.24) is 0 Å². The third-order valence-corrected chi connectivity index (χ3v) is 3.45. The van der Waals surface area contributed by atoms with Crippen molar-refractivity contribution in [3.8, 4) is 5.75 Å². The lowest BCUT2D eigenvalue weighted by atomic mass is 9.97. The van der Waals surface area contributed by atoms with Gasteiger partial charge in [-0.25, -0.2) is 0 Å². The predicted octanol–water partition coefficient (Wildman–Crippen LogP) is 1.49. The van der Waals surface area contributed by atoms with Gasteiger partial charge in [0, 0.05) is 31.5 Å². The van der Waals surface area contributed by atoms with Crippen molar-refractivity contribution in [2.24, 2.45) is 5.92 Å². The van der Waals surface area contributed by atoms with E-state index in [1.54, 1.807) is 7.11 Å². The summed E-state index contributed by atoms with van der Waals surface area (Å²) in [5, 5.41) is 9.11. The quantitative estimate of drug-likeness (QED) is 0.781. The third-order valence-electron chi connectivity index (χ3n) is 3.45. The first-order valence-corrected chi connectivity index (χ1v) is 6.04. The Bertz CT molecular complexity index is 374. The maximum Gasteiger partial charge on any atom is 0.143 e. The standard InChI is InChI=1S/C13H20N2O2/c1-17-13-8-11(2-3-12(13)14)15-6-4-10(9-16)5-7-15/h2-3,8,10,16H,4-7,9,14H2,1H3. The highest BCUT2D eigenvalue weighted by atomic mass is 16.5. The van der Waals surface area contributed by atoms with Gasteiger partial charge in [0.1, 0.15) is 5.75 Å². The van der Waals surface area contributed by atoms with Gasteiger partial charge in [-0.15, -0.1) is 0 Å². The molecule has 0 radical (unpaired) electrons. The first kappa shape index (κ1) is 12.0. The summed E-state index contributed by atoms with van der Waals surface area (Å²) < 4.78 is 5.23. The van der Waals surface area contributed by atoms with Crippen LogP contribution in [0.25, 0.3) is 0 Å². The number of piperidine rings is 1. The van der Waals surface area contributed by atoms with Crippen molar-refractivity contribution in [1.29, 1.82) is 0 Å². The van der Waals surface area contributed by atoms with Crippen molar-refractivity contribution >= 4 is 11.4 Å². The molecule has 1 saturated heterocycles. The van der Waals surface area contributed by atoms with E-state index in [2.05, 4.69) is 4.90 Å². The lowest BCUT2D eigenvalue weighted by Gasteiger charge is -2.33. The minimum atomic E-state index is 0.304. The Kier molecular flexibility index (Phi) is 3.74. The SMILES string of the molecule is COc1cc(N2CCC(CO)CC2)ccc1N. The number of nitrogens with zero attached hydrogens (tertiary/aromatic N) is 1. The second-order valence-electron chi connectivity index (χ2n) is 4.54. The number of anilines is 2. The lowest BCUT2D eigenvalue weighted by Crippen LogP contribution is -2.34. The lowest BCUT2D eigenvalue weighted by molar-refractivity contribution is 0.203. The Labute approximate surface area is 102 Å². The smallest absolute Gasteiger partial charge is 0.143 e. The van der Waals surface area contributed by atoms with Crippen LogP contribution in [0.4, 0.5) is 11.4 Å². The molecule has 17 heavy (non-hydrogen) atoms. The molecule has 94 valence electrons. The zero-order valence-corrected chi connectivity index (χ0v) is 10.2. The molecular formula is C13H20N2O2. The number of aliphatic hydroxyl groups is 1. The first-order chi connectivity index (χ1) is 8.24. The number of aliphatic hydroxyl groups excluding tert-OH is 1. The highest BCUT2D eigenvalue weighted by molar-refractivity contribution is 5.62. The summed E-state index contributed by atoms with van der Waals surface area (Å²) in [5.74, 6) is 1.19. The molecule has 0 bridgehead atoms. The van der Waals surface area contributed by atoms with Gasteiger partial charge in [-0.2, -0.15) is 0 Å². The summed E-state index contributed by atoms with van der Waals surface area (Å²) in [6, 6.07) is 5.89. The van der Waals surface area contributed by atoms with Gasteiger partial charge in [0.15, 0.2) is 0 Å². The van der Waals surface area contributed by atoms with Crippen molar-refractivity contribution in [3.05, 3.63) is 18.2 Å². The molecule has 4 heteroatoms. The number of benzene rings is 1. The molecule has 0 saturated carbocycles. The van der Waals surface area contributed by atoms with Crippen LogP contribution in [0.15, 0.2) is 18.2 Å². The fraction of sp³-hybridized carbons (Fsp3) is 0.538. The van der Waals surface area contributed by atoms with Crippen molar-refractivity contribution in [3.63, 3.8) is 0 Å². The maximum absolute atomic E-state index is 9.11. The summed E-state index contributed by atoms with van der Waals surface area (Å²) in [5.41, 5.74) is 7.61. The second kappa shape index (κ2) is 5.27. The van der Waals surface area contributed by atoms with E-state index in [9.17, 15) is 0 Å². The number of nitrogen functional groups attached to an aromatic ring is 1. The van der Waals surface area contributed by atoms with Crippen LogP contribution in [0, 0.1) is 5.92 Å². The van der Waals surface area contributed by atoms with E-state index in [1.165, 1.54) is 0 Å².